The Morgan fingerprint density at radius 2 is 2.00 bits per heavy atom. The lowest BCUT2D eigenvalue weighted by molar-refractivity contribution is 0.0696. The Bertz CT molecular complexity index is 676. The van der Waals surface area contributed by atoms with E-state index in [9.17, 15) is 13.2 Å². The number of carboxylic acids is 1. The number of benzene rings is 1. The van der Waals surface area contributed by atoms with Crippen LogP contribution in [0.1, 0.15) is 29.3 Å². The fraction of sp³-hybridized carbons (Fsp3) is 0.357. The molecule has 5 nitrogen and oxygen atoms in total. The molecule has 0 aromatic heterocycles. The van der Waals surface area contributed by atoms with Gasteiger partial charge in [-0.3, -0.25) is 0 Å². The van der Waals surface area contributed by atoms with Gasteiger partial charge in [0.25, 0.3) is 0 Å². The SMILES string of the molecule is CC1=CCN(S(=O)(=O)c2cc(C(=O)O)ccc2C)CC1. The molecule has 0 atom stereocenters. The predicted octanol–water partition coefficient (Wildman–Crippen LogP) is 2.03. The normalized spacial score (nSPS) is 16.8. The molecular weight excluding hydrogens is 278 g/mol. The molecule has 0 radical (unpaired) electrons. The van der Waals surface area contributed by atoms with Crippen LogP contribution >= 0.6 is 0 Å². The van der Waals surface area contributed by atoms with E-state index in [1.807, 2.05) is 13.0 Å². The van der Waals surface area contributed by atoms with E-state index in [0.717, 1.165) is 0 Å². The highest BCUT2D eigenvalue weighted by Gasteiger charge is 2.27. The summed E-state index contributed by atoms with van der Waals surface area (Å²) in [7, 11) is -3.65. The van der Waals surface area contributed by atoms with Gasteiger partial charge in [-0.1, -0.05) is 17.7 Å². The minimum atomic E-state index is -3.65. The number of aromatic carboxylic acids is 1. The van der Waals surface area contributed by atoms with E-state index in [-0.39, 0.29) is 10.5 Å². The van der Waals surface area contributed by atoms with Crippen LogP contribution in [0.4, 0.5) is 0 Å². The summed E-state index contributed by atoms with van der Waals surface area (Å²) in [5.41, 5.74) is 1.71. The first-order valence-electron chi connectivity index (χ1n) is 6.32. The van der Waals surface area contributed by atoms with Crippen molar-refractivity contribution in [2.45, 2.75) is 25.2 Å². The summed E-state index contributed by atoms with van der Waals surface area (Å²) in [4.78, 5) is 11.1. The van der Waals surface area contributed by atoms with Crippen molar-refractivity contribution in [1.82, 2.24) is 4.31 Å². The quantitative estimate of drug-likeness (QED) is 0.866. The summed E-state index contributed by atoms with van der Waals surface area (Å²) in [5.74, 6) is -1.13. The van der Waals surface area contributed by atoms with Crippen molar-refractivity contribution in [3.63, 3.8) is 0 Å². The van der Waals surface area contributed by atoms with Crippen molar-refractivity contribution >= 4 is 16.0 Å². The van der Waals surface area contributed by atoms with Crippen molar-refractivity contribution in [2.24, 2.45) is 0 Å². The Morgan fingerprint density at radius 3 is 2.55 bits per heavy atom. The highest BCUT2D eigenvalue weighted by Crippen LogP contribution is 2.24. The average Bonchev–Trinajstić information content (AvgIpc) is 2.39. The van der Waals surface area contributed by atoms with Crippen molar-refractivity contribution in [2.75, 3.05) is 13.1 Å². The maximum Gasteiger partial charge on any atom is 0.335 e. The number of carboxylic acid groups (broad SMARTS) is 1. The second-order valence-electron chi connectivity index (χ2n) is 4.95. The van der Waals surface area contributed by atoms with Crippen LogP contribution in [0, 0.1) is 6.92 Å². The summed E-state index contributed by atoms with van der Waals surface area (Å²) in [6, 6.07) is 4.18. The van der Waals surface area contributed by atoms with Gasteiger partial charge in [0.2, 0.25) is 10.0 Å². The lowest BCUT2D eigenvalue weighted by Crippen LogP contribution is -2.35. The molecule has 0 spiro atoms. The van der Waals surface area contributed by atoms with Crippen molar-refractivity contribution < 1.29 is 18.3 Å². The lowest BCUT2D eigenvalue weighted by Gasteiger charge is -2.25. The molecule has 0 bridgehead atoms. The third kappa shape index (κ3) is 2.76. The number of nitrogens with zero attached hydrogens (tertiary/aromatic N) is 1. The number of hydrogen-bond acceptors (Lipinski definition) is 3. The summed E-state index contributed by atoms with van der Waals surface area (Å²) in [6.45, 7) is 4.41. The second-order valence-corrected chi connectivity index (χ2v) is 6.86. The van der Waals surface area contributed by atoms with E-state index in [0.29, 0.717) is 25.1 Å². The van der Waals surface area contributed by atoms with Gasteiger partial charge in [-0.15, -0.1) is 0 Å². The fourth-order valence-electron chi connectivity index (χ4n) is 2.12. The largest absolute Gasteiger partial charge is 0.478 e. The molecule has 2 rings (SSSR count). The molecular formula is C14H17NO4S. The molecule has 20 heavy (non-hydrogen) atoms. The highest BCUT2D eigenvalue weighted by atomic mass is 32.2. The molecule has 0 amide bonds. The maximum absolute atomic E-state index is 12.6. The van der Waals surface area contributed by atoms with Gasteiger partial charge >= 0.3 is 5.97 Å². The molecule has 108 valence electrons. The molecule has 0 fully saturated rings. The van der Waals surface area contributed by atoms with Gasteiger partial charge in [-0.05, 0) is 38.0 Å². The van der Waals surface area contributed by atoms with Gasteiger partial charge in [-0.25, -0.2) is 13.2 Å². The molecule has 1 aliphatic rings. The zero-order valence-corrected chi connectivity index (χ0v) is 12.3. The first-order valence-corrected chi connectivity index (χ1v) is 7.76. The van der Waals surface area contributed by atoms with Crippen molar-refractivity contribution in [1.29, 1.82) is 0 Å². The first kappa shape index (κ1) is 14.7. The van der Waals surface area contributed by atoms with Gasteiger partial charge in [0.05, 0.1) is 10.5 Å². The van der Waals surface area contributed by atoms with Gasteiger partial charge in [0, 0.05) is 13.1 Å². The number of rotatable bonds is 3. The van der Waals surface area contributed by atoms with Gasteiger partial charge in [-0.2, -0.15) is 4.31 Å². The molecule has 1 aromatic rings. The Labute approximate surface area is 118 Å². The van der Waals surface area contributed by atoms with E-state index >= 15 is 0 Å². The van der Waals surface area contributed by atoms with E-state index in [2.05, 4.69) is 0 Å². The zero-order chi connectivity index (χ0) is 14.9. The smallest absolute Gasteiger partial charge is 0.335 e. The highest BCUT2D eigenvalue weighted by molar-refractivity contribution is 7.89. The number of carbonyl (C=O) groups is 1. The van der Waals surface area contributed by atoms with Crippen molar-refractivity contribution in [3.05, 3.63) is 41.0 Å². The second kappa shape index (κ2) is 5.38. The summed E-state index contributed by atoms with van der Waals surface area (Å²) >= 11 is 0. The lowest BCUT2D eigenvalue weighted by atomic mass is 10.1. The molecule has 0 unspecified atom stereocenters. The Hall–Kier alpha value is -1.66. The summed E-state index contributed by atoms with van der Waals surface area (Å²) in [5, 5.41) is 8.99. The van der Waals surface area contributed by atoms with E-state index in [1.165, 1.54) is 28.1 Å². The van der Waals surface area contributed by atoms with Crippen molar-refractivity contribution in [3.8, 4) is 0 Å². The summed E-state index contributed by atoms with van der Waals surface area (Å²) in [6.07, 6.45) is 2.59. The van der Waals surface area contributed by atoms with Crippen LogP contribution in [0.3, 0.4) is 0 Å². The predicted molar refractivity (Wildman–Crippen MR) is 75.3 cm³/mol. The third-order valence-electron chi connectivity index (χ3n) is 3.45. The number of aryl methyl sites for hydroxylation is 1. The molecule has 1 heterocycles. The van der Waals surface area contributed by atoms with E-state index in [1.54, 1.807) is 6.92 Å². The molecule has 0 saturated heterocycles. The van der Waals surface area contributed by atoms with Gasteiger partial charge in [0.15, 0.2) is 0 Å². The number of hydrogen-bond donors (Lipinski definition) is 1. The van der Waals surface area contributed by atoms with Crippen LogP contribution in [0.2, 0.25) is 0 Å². The molecule has 0 saturated carbocycles. The molecule has 0 aliphatic carbocycles. The monoisotopic (exact) mass is 295 g/mol. The molecule has 1 N–H and O–H groups in total. The minimum absolute atomic E-state index is 0.0158. The third-order valence-corrected chi connectivity index (χ3v) is 5.46. The standard InChI is InChI=1S/C14H17NO4S/c1-10-5-7-15(8-6-10)20(18,19)13-9-12(14(16)17)4-3-11(13)2/h3-5,9H,6-8H2,1-2H3,(H,16,17). The topological polar surface area (TPSA) is 74.7 Å². The van der Waals surface area contributed by atoms with Gasteiger partial charge < -0.3 is 5.11 Å². The van der Waals surface area contributed by atoms with Crippen LogP contribution in [-0.2, 0) is 10.0 Å². The van der Waals surface area contributed by atoms with Crippen LogP contribution in [-0.4, -0.2) is 36.9 Å². The van der Waals surface area contributed by atoms with E-state index < -0.39 is 16.0 Å². The maximum atomic E-state index is 12.6. The van der Waals surface area contributed by atoms with E-state index in [4.69, 9.17) is 5.11 Å². The molecule has 6 heteroatoms. The minimum Gasteiger partial charge on any atom is -0.478 e. The van der Waals surface area contributed by atoms with Crippen LogP contribution in [0.25, 0.3) is 0 Å². The summed E-state index contributed by atoms with van der Waals surface area (Å²) < 4.78 is 26.6. The molecule has 1 aliphatic heterocycles. The Kier molecular flexibility index (Phi) is 3.96. The average molecular weight is 295 g/mol. The fourth-order valence-corrected chi connectivity index (χ4v) is 3.75. The van der Waals surface area contributed by atoms with Crippen LogP contribution in [0.5, 0.6) is 0 Å². The Balaban J connectivity index is 2.44. The van der Waals surface area contributed by atoms with Crippen LogP contribution in [0.15, 0.2) is 34.7 Å². The number of sulfonamides is 1. The zero-order valence-electron chi connectivity index (χ0n) is 11.5. The first-order chi connectivity index (χ1) is 9.32. The van der Waals surface area contributed by atoms with Crippen LogP contribution < -0.4 is 0 Å². The Morgan fingerprint density at radius 1 is 1.30 bits per heavy atom. The molecule has 1 aromatic carbocycles. The van der Waals surface area contributed by atoms with Gasteiger partial charge in [0.1, 0.15) is 0 Å².